The van der Waals surface area contributed by atoms with Gasteiger partial charge in [-0.3, -0.25) is 14.9 Å². The van der Waals surface area contributed by atoms with Gasteiger partial charge in [-0.05, 0) is 69.0 Å². The third kappa shape index (κ3) is 4.15. The zero-order chi connectivity index (χ0) is 27.6. The molecule has 4 fully saturated rings. The highest BCUT2D eigenvalue weighted by atomic mass is 19.1. The third-order valence-electron chi connectivity index (χ3n) is 9.95. The van der Waals surface area contributed by atoms with Gasteiger partial charge in [-0.2, -0.15) is 9.97 Å². The van der Waals surface area contributed by atoms with Gasteiger partial charge in [0.15, 0.2) is 5.82 Å². The molecule has 2 unspecified atom stereocenters. The first-order valence-corrected chi connectivity index (χ1v) is 15.2. The normalized spacial score (nSPS) is 23.5. The molecule has 0 saturated carbocycles. The Hall–Kier alpha value is -3.43. The molecule has 4 aromatic rings. The molecule has 0 spiro atoms. The number of halogens is 1. The van der Waals surface area contributed by atoms with Crippen molar-refractivity contribution in [2.75, 3.05) is 37.7 Å². The summed E-state index contributed by atoms with van der Waals surface area (Å²) in [5.41, 5.74) is 2.41. The van der Waals surface area contributed by atoms with Crippen molar-refractivity contribution in [1.29, 1.82) is 0 Å². The van der Waals surface area contributed by atoms with Crippen molar-refractivity contribution in [1.82, 2.24) is 30.2 Å². The van der Waals surface area contributed by atoms with Crippen LogP contribution in [0.5, 0.6) is 6.01 Å². The van der Waals surface area contributed by atoms with Crippen molar-refractivity contribution >= 4 is 27.5 Å². The van der Waals surface area contributed by atoms with Gasteiger partial charge >= 0.3 is 6.01 Å². The number of hydrogen-bond acceptors (Lipinski definition) is 8. The van der Waals surface area contributed by atoms with Gasteiger partial charge in [0.1, 0.15) is 23.6 Å². The minimum Gasteiger partial charge on any atom is -0.461 e. The van der Waals surface area contributed by atoms with E-state index in [4.69, 9.17) is 19.7 Å². The van der Waals surface area contributed by atoms with Gasteiger partial charge in [0, 0.05) is 54.7 Å². The van der Waals surface area contributed by atoms with Crippen molar-refractivity contribution in [3.63, 3.8) is 0 Å². The monoisotopic (exact) mass is 553 g/mol. The van der Waals surface area contributed by atoms with Crippen LogP contribution >= 0.6 is 0 Å². The molecular formula is C32H36FN7O. The van der Waals surface area contributed by atoms with Crippen LogP contribution in [0.2, 0.25) is 0 Å². The largest absolute Gasteiger partial charge is 0.461 e. The van der Waals surface area contributed by atoms with E-state index < -0.39 is 5.82 Å². The van der Waals surface area contributed by atoms with Crippen molar-refractivity contribution in [2.24, 2.45) is 0 Å². The standard InChI is InChI=1S/C32H36FN7O/c1-2-20-6-3-7-21-14-34-15-24(26(20)21)28-27(33)29-25(16-35-28)30(39-17-22-8-9-23(18-39)36-22)38-31(37-29)41-19-32-10-4-12-40(32)13-5-11-32/h3,6-7,14-16,22-23,36H,2,4-5,8-13,17-19H2,1H3. The summed E-state index contributed by atoms with van der Waals surface area (Å²) < 4.78 is 23.1. The summed E-state index contributed by atoms with van der Waals surface area (Å²) >= 11 is 0. The van der Waals surface area contributed by atoms with Crippen molar-refractivity contribution < 1.29 is 9.13 Å². The lowest BCUT2D eigenvalue weighted by atomic mass is 9.95. The first-order valence-electron chi connectivity index (χ1n) is 15.2. The number of nitrogens with one attached hydrogen (secondary N) is 1. The Balaban J connectivity index is 1.26. The Morgan fingerprint density at radius 2 is 1.85 bits per heavy atom. The Bertz CT molecular complexity index is 1620. The smallest absolute Gasteiger partial charge is 0.319 e. The molecular weight excluding hydrogens is 517 g/mol. The van der Waals surface area contributed by atoms with E-state index in [-0.39, 0.29) is 22.8 Å². The number of nitrogens with zero attached hydrogens (tertiary/aromatic N) is 6. The molecule has 3 aromatic heterocycles. The maximum Gasteiger partial charge on any atom is 0.319 e. The van der Waals surface area contributed by atoms with Gasteiger partial charge in [-0.25, -0.2) is 4.39 Å². The van der Waals surface area contributed by atoms with Gasteiger partial charge in [-0.15, -0.1) is 0 Å². The SMILES string of the molecule is CCc1cccc2cncc(-c3ncc4c(N5CC6CCC(C5)N6)nc(OCC56CCCN5CCC6)nc4c3F)c12. The van der Waals surface area contributed by atoms with Crippen LogP contribution in [0.15, 0.2) is 36.8 Å². The van der Waals surface area contributed by atoms with E-state index in [0.717, 1.165) is 80.4 Å². The van der Waals surface area contributed by atoms with Crippen LogP contribution in [0.4, 0.5) is 10.2 Å². The van der Waals surface area contributed by atoms with Gasteiger partial charge in [0.25, 0.3) is 0 Å². The molecule has 41 heavy (non-hydrogen) atoms. The van der Waals surface area contributed by atoms with Crippen LogP contribution in [0, 0.1) is 5.82 Å². The Morgan fingerprint density at radius 1 is 1.05 bits per heavy atom. The molecule has 4 aliphatic rings. The highest BCUT2D eigenvalue weighted by Crippen LogP contribution is 2.40. The lowest BCUT2D eigenvalue weighted by Gasteiger charge is -2.34. The Kier molecular flexibility index (Phi) is 6.07. The number of piperazine rings is 1. The molecule has 2 bridgehead atoms. The number of ether oxygens (including phenoxy) is 1. The summed E-state index contributed by atoms with van der Waals surface area (Å²) in [7, 11) is 0. The van der Waals surface area contributed by atoms with Crippen LogP contribution in [0.3, 0.4) is 0 Å². The molecule has 8 nitrogen and oxygen atoms in total. The fourth-order valence-corrected chi connectivity index (χ4v) is 7.93. The number of hydrogen-bond donors (Lipinski definition) is 1. The lowest BCUT2D eigenvalue weighted by Crippen LogP contribution is -2.51. The fourth-order valence-electron chi connectivity index (χ4n) is 7.93. The number of aryl methyl sites for hydroxylation is 1. The summed E-state index contributed by atoms with van der Waals surface area (Å²) in [5.74, 6) is 0.273. The maximum absolute atomic E-state index is 16.7. The molecule has 212 valence electrons. The maximum atomic E-state index is 16.7. The van der Waals surface area contributed by atoms with Gasteiger partial charge in [-0.1, -0.05) is 25.1 Å². The highest BCUT2D eigenvalue weighted by molar-refractivity contribution is 6.00. The molecule has 0 amide bonds. The summed E-state index contributed by atoms with van der Waals surface area (Å²) in [5, 5.41) is 6.28. The molecule has 7 heterocycles. The van der Waals surface area contributed by atoms with Gasteiger partial charge in [0.2, 0.25) is 0 Å². The van der Waals surface area contributed by atoms with E-state index in [9.17, 15) is 0 Å². The van der Waals surface area contributed by atoms with Crippen LogP contribution in [0.1, 0.15) is 51.0 Å². The Morgan fingerprint density at radius 3 is 2.63 bits per heavy atom. The average Bonchev–Trinajstić information content (AvgIpc) is 3.69. The Labute approximate surface area is 239 Å². The number of benzene rings is 1. The topological polar surface area (TPSA) is 79.3 Å². The van der Waals surface area contributed by atoms with Crippen molar-refractivity contribution in [3.8, 4) is 17.3 Å². The predicted molar refractivity (Wildman–Crippen MR) is 158 cm³/mol. The van der Waals surface area contributed by atoms with Crippen LogP contribution < -0.4 is 15.0 Å². The minimum atomic E-state index is -0.448. The first-order chi connectivity index (χ1) is 20.1. The molecule has 1 N–H and O–H groups in total. The van der Waals surface area contributed by atoms with E-state index in [1.807, 2.05) is 18.3 Å². The van der Waals surface area contributed by atoms with E-state index in [1.54, 1.807) is 12.4 Å². The minimum absolute atomic E-state index is 0.0553. The third-order valence-corrected chi connectivity index (χ3v) is 9.95. The zero-order valence-electron chi connectivity index (χ0n) is 23.6. The van der Waals surface area contributed by atoms with Gasteiger partial charge in [0.05, 0.1) is 10.9 Å². The molecule has 0 aliphatic carbocycles. The summed E-state index contributed by atoms with van der Waals surface area (Å²) in [6, 6.07) is 7.22. The second-order valence-corrected chi connectivity index (χ2v) is 12.3. The van der Waals surface area contributed by atoms with Gasteiger partial charge < -0.3 is 15.0 Å². The number of rotatable bonds is 6. The van der Waals surface area contributed by atoms with E-state index in [2.05, 4.69) is 33.1 Å². The molecule has 2 atom stereocenters. The highest BCUT2D eigenvalue weighted by Gasteiger charge is 2.45. The molecule has 0 radical (unpaired) electrons. The van der Waals surface area contributed by atoms with Crippen LogP contribution in [-0.4, -0.2) is 75.2 Å². The first kappa shape index (κ1) is 25.3. The number of anilines is 1. The second-order valence-electron chi connectivity index (χ2n) is 12.3. The van der Waals surface area contributed by atoms with E-state index in [1.165, 1.54) is 12.8 Å². The summed E-state index contributed by atoms with van der Waals surface area (Å²) in [6.07, 6.45) is 13.1. The van der Waals surface area contributed by atoms with E-state index >= 15 is 4.39 Å². The molecule has 8 rings (SSSR count). The van der Waals surface area contributed by atoms with E-state index in [0.29, 0.717) is 29.6 Å². The molecule has 4 aliphatic heterocycles. The van der Waals surface area contributed by atoms with Crippen LogP contribution in [0.25, 0.3) is 32.9 Å². The quantitative estimate of drug-likeness (QED) is 0.362. The fraction of sp³-hybridized carbons (Fsp3) is 0.500. The summed E-state index contributed by atoms with van der Waals surface area (Å²) in [6.45, 7) is 6.56. The predicted octanol–water partition coefficient (Wildman–Crippen LogP) is 4.89. The molecule has 4 saturated heterocycles. The zero-order valence-corrected chi connectivity index (χ0v) is 23.6. The lowest BCUT2D eigenvalue weighted by molar-refractivity contribution is 0.108. The second kappa shape index (κ2) is 9.84. The molecule has 9 heteroatoms. The summed E-state index contributed by atoms with van der Waals surface area (Å²) in [4.78, 5) is 23.7. The average molecular weight is 554 g/mol. The van der Waals surface area contributed by atoms with Crippen molar-refractivity contribution in [2.45, 2.75) is 69.5 Å². The van der Waals surface area contributed by atoms with Crippen molar-refractivity contribution in [3.05, 3.63) is 48.2 Å². The van der Waals surface area contributed by atoms with Crippen LogP contribution in [-0.2, 0) is 6.42 Å². The molecule has 1 aromatic carbocycles. The number of aromatic nitrogens is 4. The number of fused-ring (bicyclic) bond motifs is 5. The number of pyridine rings is 2.